The Bertz CT molecular complexity index is 449. The molecule has 0 saturated carbocycles. The summed E-state index contributed by atoms with van der Waals surface area (Å²) in [6.45, 7) is 0.841. The van der Waals surface area contributed by atoms with Crippen LogP contribution in [-0.2, 0) is 20.7 Å². The summed E-state index contributed by atoms with van der Waals surface area (Å²) < 4.78 is 5.08. The Hall–Kier alpha value is -1.95. The fraction of sp³-hybridized carbons (Fsp3) is 0.462. The maximum absolute atomic E-state index is 12.0. The van der Waals surface area contributed by atoms with E-state index < -0.39 is 12.1 Å². The first-order chi connectivity index (χ1) is 9.16. The number of aromatic nitrogens is 1. The molecule has 2 rings (SSSR count). The zero-order valence-corrected chi connectivity index (χ0v) is 10.5. The van der Waals surface area contributed by atoms with E-state index in [0.717, 1.165) is 5.69 Å². The van der Waals surface area contributed by atoms with Gasteiger partial charge in [-0.1, -0.05) is 6.07 Å². The van der Waals surface area contributed by atoms with Crippen LogP contribution in [0, 0.1) is 0 Å². The Labute approximate surface area is 111 Å². The van der Waals surface area contributed by atoms with E-state index in [4.69, 9.17) is 9.84 Å². The second-order valence-electron chi connectivity index (χ2n) is 4.36. The number of morpholine rings is 1. The standard InChI is InChI=1S/C13H16N2O4/c16-12(5-4-10-3-1-2-6-14-10)15-7-8-19-11(9-15)13(17)18/h1-3,6,11H,4-5,7-9H2,(H,17,18). The number of nitrogens with zero attached hydrogens (tertiary/aromatic N) is 2. The molecule has 0 spiro atoms. The Morgan fingerprint density at radius 1 is 1.47 bits per heavy atom. The maximum Gasteiger partial charge on any atom is 0.334 e. The molecule has 102 valence electrons. The van der Waals surface area contributed by atoms with Crippen LogP contribution in [-0.4, -0.2) is 52.7 Å². The normalized spacial score (nSPS) is 19.2. The van der Waals surface area contributed by atoms with Crippen LogP contribution < -0.4 is 0 Å². The summed E-state index contributed by atoms with van der Waals surface area (Å²) in [6.07, 6.45) is 1.68. The topological polar surface area (TPSA) is 79.7 Å². The molecule has 6 nitrogen and oxygen atoms in total. The number of carboxylic acid groups (broad SMARTS) is 1. The highest BCUT2D eigenvalue weighted by Gasteiger charge is 2.28. The second-order valence-corrected chi connectivity index (χ2v) is 4.36. The molecule has 6 heteroatoms. The molecule has 0 bridgehead atoms. The van der Waals surface area contributed by atoms with E-state index in [2.05, 4.69) is 4.98 Å². The van der Waals surface area contributed by atoms with Gasteiger partial charge in [-0.15, -0.1) is 0 Å². The zero-order chi connectivity index (χ0) is 13.7. The van der Waals surface area contributed by atoms with Crippen LogP contribution in [0.2, 0.25) is 0 Å². The van der Waals surface area contributed by atoms with Crippen LogP contribution in [0.1, 0.15) is 12.1 Å². The first-order valence-corrected chi connectivity index (χ1v) is 6.19. The number of hydrogen-bond donors (Lipinski definition) is 1. The highest BCUT2D eigenvalue weighted by atomic mass is 16.5. The van der Waals surface area contributed by atoms with Crippen molar-refractivity contribution in [3.8, 4) is 0 Å². The minimum absolute atomic E-state index is 0.0554. The molecule has 2 heterocycles. The molecule has 0 aromatic carbocycles. The summed E-state index contributed by atoms with van der Waals surface area (Å²) in [4.78, 5) is 28.5. The van der Waals surface area contributed by atoms with E-state index in [9.17, 15) is 9.59 Å². The number of ether oxygens (including phenoxy) is 1. The fourth-order valence-corrected chi connectivity index (χ4v) is 1.96. The van der Waals surface area contributed by atoms with Crippen LogP contribution in [0.5, 0.6) is 0 Å². The molecule has 19 heavy (non-hydrogen) atoms. The molecule has 1 aromatic heterocycles. The number of pyridine rings is 1. The van der Waals surface area contributed by atoms with Gasteiger partial charge in [-0.25, -0.2) is 4.79 Å². The molecule has 1 amide bonds. The summed E-state index contributed by atoms with van der Waals surface area (Å²) >= 11 is 0. The van der Waals surface area contributed by atoms with Crippen LogP contribution >= 0.6 is 0 Å². The minimum atomic E-state index is -1.03. The van der Waals surface area contributed by atoms with Crippen molar-refractivity contribution in [3.05, 3.63) is 30.1 Å². The number of carboxylic acids is 1. The average Bonchev–Trinajstić information content (AvgIpc) is 2.46. The van der Waals surface area contributed by atoms with E-state index >= 15 is 0 Å². The lowest BCUT2D eigenvalue weighted by Crippen LogP contribution is -2.48. The molecular formula is C13H16N2O4. The lowest BCUT2D eigenvalue weighted by atomic mass is 10.2. The fourth-order valence-electron chi connectivity index (χ4n) is 1.96. The molecule has 1 unspecified atom stereocenters. The average molecular weight is 264 g/mol. The van der Waals surface area contributed by atoms with Crippen LogP contribution in [0.4, 0.5) is 0 Å². The van der Waals surface area contributed by atoms with Crippen molar-refractivity contribution < 1.29 is 19.4 Å². The third kappa shape index (κ3) is 3.75. The summed E-state index contributed by atoms with van der Waals surface area (Å²) in [5.74, 6) is -1.08. The summed E-state index contributed by atoms with van der Waals surface area (Å²) in [7, 11) is 0. The molecule has 1 saturated heterocycles. The molecule has 1 aliphatic heterocycles. The highest BCUT2D eigenvalue weighted by Crippen LogP contribution is 2.09. The number of carbonyl (C=O) groups is 2. The highest BCUT2D eigenvalue weighted by molar-refractivity contribution is 5.78. The van der Waals surface area contributed by atoms with Gasteiger partial charge in [0.25, 0.3) is 0 Å². The van der Waals surface area contributed by atoms with Crippen molar-refractivity contribution in [1.29, 1.82) is 0 Å². The van der Waals surface area contributed by atoms with Gasteiger partial charge in [-0.3, -0.25) is 9.78 Å². The maximum atomic E-state index is 12.0. The van der Waals surface area contributed by atoms with Gasteiger partial charge < -0.3 is 14.7 Å². The van der Waals surface area contributed by atoms with Crippen molar-refractivity contribution in [2.45, 2.75) is 18.9 Å². The Morgan fingerprint density at radius 2 is 2.32 bits per heavy atom. The predicted molar refractivity (Wildman–Crippen MR) is 66.5 cm³/mol. The quantitative estimate of drug-likeness (QED) is 0.847. The largest absolute Gasteiger partial charge is 0.479 e. The number of rotatable bonds is 4. The summed E-state index contributed by atoms with van der Waals surface area (Å²) in [5.41, 5.74) is 0.860. The third-order valence-electron chi connectivity index (χ3n) is 3.02. The number of aryl methyl sites for hydroxylation is 1. The second kappa shape index (κ2) is 6.29. The lowest BCUT2D eigenvalue weighted by molar-refractivity contribution is -0.159. The van der Waals surface area contributed by atoms with Crippen molar-refractivity contribution in [1.82, 2.24) is 9.88 Å². The van der Waals surface area contributed by atoms with Crippen LogP contribution in [0.25, 0.3) is 0 Å². The van der Waals surface area contributed by atoms with E-state index in [1.165, 1.54) is 0 Å². The minimum Gasteiger partial charge on any atom is -0.479 e. The molecule has 1 fully saturated rings. The monoisotopic (exact) mass is 264 g/mol. The Balaban J connectivity index is 1.84. The zero-order valence-electron chi connectivity index (χ0n) is 10.5. The van der Waals surface area contributed by atoms with Crippen molar-refractivity contribution >= 4 is 11.9 Å². The van der Waals surface area contributed by atoms with Gasteiger partial charge in [0, 0.05) is 24.9 Å². The third-order valence-corrected chi connectivity index (χ3v) is 3.02. The smallest absolute Gasteiger partial charge is 0.334 e. The summed E-state index contributed by atoms with van der Waals surface area (Å²) in [5, 5.41) is 8.87. The van der Waals surface area contributed by atoms with E-state index in [-0.39, 0.29) is 19.1 Å². The SMILES string of the molecule is O=C(O)C1CN(C(=O)CCc2ccccn2)CCO1. The Kier molecular flexibility index (Phi) is 4.46. The predicted octanol–water partition coefficient (Wildman–Crippen LogP) is 0.326. The molecular weight excluding hydrogens is 248 g/mol. The lowest BCUT2D eigenvalue weighted by Gasteiger charge is -2.30. The van der Waals surface area contributed by atoms with Crippen molar-refractivity contribution in [2.24, 2.45) is 0 Å². The molecule has 1 atom stereocenters. The number of carbonyl (C=O) groups excluding carboxylic acids is 1. The van der Waals surface area contributed by atoms with Crippen molar-refractivity contribution in [3.63, 3.8) is 0 Å². The van der Waals surface area contributed by atoms with E-state index in [1.54, 1.807) is 11.1 Å². The number of hydrogen-bond acceptors (Lipinski definition) is 4. The number of amides is 1. The van der Waals surface area contributed by atoms with Gasteiger partial charge in [-0.05, 0) is 18.6 Å². The van der Waals surface area contributed by atoms with E-state index in [0.29, 0.717) is 19.4 Å². The van der Waals surface area contributed by atoms with Crippen molar-refractivity contribution in [2.75, 3.05) is 19.7 Å². The molecule has 0 aliphatic carbocycles. The molecule has 1 N–H and O–H groups in total. The van der Waals surface area contributed by atoms with Crippen LogP contribution in [0.3, 0.4) is 0 Å². The van der Waals surface area contributed by atoms with E-state index in [1.807, 2.05) is 18.2 Å². The van der Waals surface area contributed by atoms with Gasteiger partial charge in [0.05, 0.1) is 13.2 Å². The van der Waals surface area contributed by atoms with Crippen LogP contribution in [0.15, 0.2) is 24.4 Å². The van der Waals surface area contributed by atoms with Gasteiger partial charge in [-0.2, -0.15) is 0 Å². The molecule has 0 radical (unpaired) electrons. The van der Waals surface area contributed by atoms with Gasteiger partial charge in [0.2, 0.25) is 5.91 Å². The molecule has 1 aromatic rings. The Morgan fingerprint density at radius 3 is 3.00 bits per heavy atom. The first kappa shape index (κ1) is 13.5. The van der Waals surface area contributed by atoms with Gasteiger partial charge >= 0.3 is 5.97 Å². The number of aliphatic carboxylic acids is 1. The van der Waals surface area contributed by atoms with Gasteiger partial charge in [0.1, 0.15) is 0 Å². The first-order valence-electron chi connectivity index (χ1n) is 6.19. The summed E-state index contributed by atoms with van der Waals surface area (Å²) in [6, 6.07) is 5.57. The van der Waals surface area contributed by atoms with Gasteiger partial charge in [0.15, 0.2) is 6.10 Å². The molecule has 1 aliphatic rings.